The van der Waals surface area contributed by atoms with Crippen LogP contribution in [0, 0.1) is 23.2 Å². The normalized spacial score (nSPS) is 20.9. The van der Waals surface area contributed by atoms with Crippen molar-refractivity contribution in [2.75, 3.05) is 7.11 Å². The van der Waals surface area contributed by atoms with Gasteiger partial charge in [-0.15, -0.1) is 0 Å². The number of rotatable bonds is 15. The Bertz CT molecular complexity index is 1910. The number of carbonyl (C=O) groups excluding carboxylic acids is 4. The molecular formula is C43H57N5O8. The van der Waals surface area contributed by atoms with Gasteiger partial charge < -0.3 is 36.3 Å². The van der Waals surface area contributed by atoms with Crippen LogP contribution in [0.3, 0.4) is 0 Å². The van der Waals surface area contributed by atoms with Crippen molar-refractivity contribution >= 4 is 40.5 Å². The zero-order valence-corrected chi connectivity index (χ0v) is 33.4. The van der Waals surface area contributed by atoms with Gasteiger partial charge in [-0.1, -0.05) is 83.7 Å². The van der Waals surface area contributed by atoms with E-state index < -0.39 is 70.6 Å². The molecule has 0 spiro atoms. The lowest BCUT2D eigenvalue weighted by molar-refractivity contribution is -0.143. The molecule has 0 bridgehead atoms. The highest BCUT2D eigenvalue weighted by atomic mass is 16.5. The number of carboxylic acids is 1. The number of nitrogens with zero attached hydrogens (tertiary/aromatic N) is 1. The summed E-state index contributed by atoms with van der Waals surface area (Å²) in [4.78, 5) is 72.3. The van der Waals surface area contributed by atoms with E-state index in [0.29, 0.717) is 34.5 Å². The zero-order valence-electron chi connectivity index (χ0n) is 33.4. The molecule has 2 fully saturated rings. The van der Waals surface area contributed by atoms with Crippen molar-refractivity contribution in [2.45, 2.75) is 116 Å². The number of aromatic nitrogens is 1. The molecule has 3 aromatic rings. The van der Waals surface area contributed by atoms with E-state index >= 15 is 0 Å². The van der Waals surface area contributed by atoms with Gasteiger partial charge in [0.15, 0.2) is 0 Å². The molecule has 6 atom stereocenters. The summed E-state index contributed by atoms with van der Waals surface area (Å²) in [7, 11) is 1.57. The first kappa shape index (κ1) is 42.0. The lowest BCUT2D eigenvalue weighted by Crippen LogP contribution is -2.65. The number of ether oxygens (including phenoxy) is 2. The van der Waals surface area contributed by atoms with Crippen LogP contribution < -0.4 is 31.2 Å². The molecule has 1 heterocycles. The van der Waals surface area contributed by atoms with Gasteiger partial charge in [-0.25, -0.2) is 9.78 Å². The monoisotopic (exact) mass is 771 g/mol. The van der Waals surface area contributed by atoms with Crippen LogP contribution in [0.15, 0.2) is 54.6 Å². The molecule has 6 N–H and O–H groups in total. The molecular weight excluding hydrogens is 714 g/mol. The van der Waals surface area contributed by atoms with E-state index in [9.17, 15) is 29.1 Å². The molecule has 2 saturated carbocycles. The number of hydrogen-bond acceptors (Lipinski definition) is 8. The first-order valence-corrected chi connectivity index (χ1v) is 19.7. The molecule has 5 rings (SSSR count). The summed E-state index contributed by atoms with van der Waals surface area (Å²) in [5, 5.41) is 19.1. The van der Waals surface area contributed by atoms with E-state index in [-0.39, 0.29) is 25.2 Å². The van der Waals surface area contributed by atoms with Crippen molar-refractivity contribution in [3.63, 3.8) is 0 Å². The predicted octanol–water partition coefficient (Wildman–Crippen LogP) is 5.52. The molecule has 13 nitrogen and oxygen atoms in total. The van der Waals surface area contributed by atoms with Crippen LogP contribution in [0.5, 0.6) is 11.5 Å². The van der Waals surface area contributed by atoms with Crippen molar-refractivity contribution in [3.05, 3.63) is 54.6 Å². The third kappa shape index (κ3) is 9.59. The van der Waals surface area contributed by atoms with Gasteiger partial charge in [-0.2, -0.15) is 0 Å². The Hall–Kier alpha value is -5.20. The second kappa shape index (κ2) is 17.7. The van der Waals surface area contributed by atoms with Crippen molar-refractivity contribution in [1.82, 2.24) is 20.9 Å². The highest BCUT2D eigenvalue weighted by molar-refractivity contribution is 5.96. The van der Waals surface area contributed by atoms with E-state index in [4.69, 9.17) is 20.2 Å². The van der Waals surface area contributed by atoms with Crippen molar-refractivity contribution in [3.8, 4) is 22.8 Å². The number of amides is 4. The number of hydrogen-bond donors (Lipinski definition) is 5. The van der Waals surface area contributed by atoms with Gasteiger partial charge in [0.1, 0.15) is 35.2 Å². The van der Waals surface area contributed by atoms with Crippen molar-refractivity contribution < 1.29 is 38.6 Å². The number of methoxy groups -OCH3 is 1. The number of primary amides is 1. The third-order valence-corrected chi connectivity index (χ3v) is 11.5. The van der Waals surface area contributed by atoms with Crippen molar-refractivity contribution in [2.24, 2.45) is 28.9 Å². The Labute approximate surface area is 328 Å². The van der Waals surface area contributed by atoms with Crippen LogP contribution in [0.2, 0.25) is 0 Å². The first-order chi connectivity index (χ1) is 26.5. The Morgan fingerprint density at radius 3 is 2.12 bits per heavy atom. The molecule has 0 radical (unpaired) electrons. The van der Waals surface area contributed by atoms with Gasteiger partial charge in [0.05, 0.1) is 30.2 Å². The minimum atomic E-state index is -1.32. The smallest absolute Gasteiger partial charge is 0.326 e. The second-order valence-electron chi connectivity index (χ2n) is 16.6. The quantitative estimate of drug-likeness (QED) is 0.132. The van der Waals surface area contributed by atoms with Gasteiger partial charge >= 0.3 is 5.97 Å². The molecule has 1 aromatic heterocycles. The fraction of sp³-hybridized carbons (Fsp3) is 0.535. The number of pyridine rings is 1. The van der Waals surface area contributed by atoms with Crippen LogP contribution in [0.4, 0.5) is 0 Å². The van der Waals surface area contributed by atoms with Crippen LogP contribution in [0.25, 0.3) is 22.2 Å². The molecule has 0 aliphatic heterocycles. The van der Waals surface area contributed by atoms with Gasteiger partial charge in [-0.3, -0.25) is 19.2 Å². The van der Waals surface area contributed by atoms with Crippen LogP contribution in [-0.2, 0) is 24.0 Å². The van der Waals surface area contributed by atoms with Gasteiger partial charge in [0, 0.05) is 23.1 Å². The van der Waals surface area contributed by atoms with E-state index in [2.05, 4.69) is 16.0 Å². The Balaban J connectivity index is 1.46. The highest BCUT2D eigenvalue weighted by Crippen LogP contribution is 2.40. The summed E-state index contributed by atoms with van der Waals surface area (Å²) in [5.41, 5.74) is 5.93. The molecule has 0 unspecified atom stereocenters. The summed E-state index contributed by atoms with van der Waals surface area (Å²) in [6.07, 6.45) is 4.70. The largest absolute Gasteiger partial charge is 0.497 e. The number of carboxylic acid groups (broad SMARTS) is 1. The number of nitrogens with two attached hydrogens (primary N) is 1. The lowest BCUT2D eigenvalue weighted by Gasteiger charge is -2.40. The molecule has 2 aliphatic carbocycles. The van der Waals surface area contributed by atoms with E-state index in [1.54, 1.807) is 40.9 Å². The third-order valence-electron chi connectivity index (χ3n) is 11.5. The Kier molecular flexibility index (Phi) is 13.3. The zero-order chi connectivity index (χ0) is 40.8. The summed E-state index contributed by atoms with van der Waals surface area (Å²) in [5.74, 6) is -4.47. The van der Waals surface area contributed by atoms with Gasteiger partial charge in [0.2, 0.25) is 23.6 Å². The maximum atomic E-state index is 14.4. The SMILES string of the molecule is CCC[C@H](NC(=O)[C@@H]1C[C@@H](Oc2cc(-c3ccccc3)nc3cc(OC)ccc23)C[C@H]1C(=O)N[C@H](C(=O)N[C@](C)(C(N)=O)C1CCCCC1)C(C)(C)C)C(=O)O. The number of carbonyl (C=O) groups is 5. The fourth-order valence-corrected chi connectivity index (χ4v) is 8.13. The number of fused-ring (bicyclic) bond motifs is 1. The summed E-state index contributed by atoms with van der Waals surface area (Å²) < 4.78 is 12.1. The molecule has 4 amide bonds. The second-order valence-corrected chi connectivity index (χ2v) is 16.6. The highest BCUT2D eigenvalue weighted by Gasteiger charge is 2.48. The molecule has 302 valence electrons. The topological polar surface area (TPSA) is 199 Å². The van der Waals surface area contributed by atoms with Crippen LogP contribution in [-0.4, -0.2) is 70.5 Å². The molecule has 13 heteroatoms. The summed E-state index contributed by atoms with van der Waals surface area (Å²) in [6.45, 7) is 8.90. The van der Waals surface area contributed by atoms with E-state index in [0.717, 1.165) is 37.7 Å². The maximum absolute atomic E-state index is 14.4. The number of benzene rings is 2. The number of aliphatic carboxylic acids is 1. The average molecular weight is 772 g/mol. The minimum absolute atomic E-state index is 0.107. The van der Waals surface area contributed by atoms with Gasteiger partial charge in [0.25, 0.3) is 0 Å². The Morgan fingerprint density at radius 2 is 1.55 bits per heavy atom. The molecule has 0 saturated heterocycles. The lowest BCUT2D eigenvalue weighted by atomic mass is 9.74. The van der Waals surface area contributed by atoms with E-state index in [1.165, 1.54) is 0 Å². The summed E-state index contributed by atoms with van der Waals surface area (Å²) >= 11 is 0. The van der Waals surface area contributed by atoms with E-state index in [1.807, 2.05) is 55.5 Å². The molecule has 2 aliphatic rings. The first-order valence-electron chi connectivity index (χ1n) is 19.7. The average Bonchev–Trinajstić information content (AvgIpc) is 3.60. The molecule has 2 aromatic carbocycles. The molecule has 56 heavy (non-hydrogen) atoms. The standard InChI is InChI=1S/C43H57N5O8/c1-7-14-32(40(52)53)46-37(49)30-21-28(56-35-24-33(25-15-10-8-11-16-25)45-34-23-27(55-6)19-20-29(34)35)22-31(30)38(50)47-36(42(2,3)4)39(51)48-43(5,41(44)54)26-17-12-9-13-18-26/h8,10-11,15-16,19-20,23-24,26,28,30-32,36H,7,9,12-14,17-18,21-22H2,1-6H3,(H2,44,54)(H,46,49)(H,47,50)(H,48,51)(H,52,53)/t28-,30-,31-,32+,36-,43+/m1/s1. The summed E-state index contributed by atoms with van der Waals surface area (Å²) in [6, 6.07) is 14.7. The van der Waals surface area contributed by atoms with Gasteiger partial charge in [-0.05, 0) is 62.5 Å². The predicted molar refractivity (Wildman–Crippen MR) is 213 cm³/mol. The van der Waals surface area contributed by atoms with Crippen molar-refractivity contribution in [1.29, 1.82) is 0 Å². The van der Waals surface area contributed by atoms with Crippen LogP contribution in [0.1, 0.15) is 92.4 Å². The van der Waals surface area contributed by atoms with Crippen LogP contribution >= 0.6 is 0 Å². The Morgan fingerprint density at radius 1 is 0.911 bits per heavy atom. The minimum Gasteiger partial charge on any atom is -0.497 e. The number of nitrogens with one attached hydrogen (secondary N) is 3. The fourth-order valence-electron chi connectivity index (χ4n) is 8.13. The maximum Gasteiger partial charge on any atom is 0.326 e.